The molecule has 0 unspecified atom stereocenters. The Morgan fingerprint density at radius 1 is 1.08 bits per heavy atom. The average Bonchev–Trinajstić information content (AvgIpc) is 3.08. The monoisotopic (exact) mass is 368 g/mol. The Labute approximate surface area is 155 Å². The van der Waals surface area contributed by atoms with Gasteiger partial charge in [0.25, 0.3) is 5.91 Å². The molecule has 0 fully saturated rings. The Morgan fingerprint density at radius 3 is 2.58 bits per heavy atom. The lowest BCUT2D eigenvalue weighted by Gasteiger charge is -2.07. The van der Waals surface area contributed by atoms with Crippen molar-refractivity contribution in [2.75, 3.05) is 0 Å². The summed E-state index contributed by atoms with van der Waals surface area (Å²) < 4.78 is 0. The molecule has 0 saturated heterocycles. The normalized spacial score (nSPS) is 10.7. The average molecular weight is 368 g/mol. The number of benzene rings is 2. The van der Waals surface area contributed by atoms with E-state index < -0.39 is 0 Å². The van der Waals surface area contributed by atoms with Gasteiger partial charge < -0.3 is 4.98 Å². The molecule has 7 heteroatoms. The SMILES string of the molecule is CCCC(=O)NNC(=O)c1ccc(CSc2nc3ccccc3[nH]2)cc1. The highest BCUT2D eigenvalue weighted by molar-refractivity contribution is 7.98. The summed E-state index contributed by atoms with van der Waals surface area (Å²) in [6, 6.07) is 15.2. The van der Waals surface area contributed by atoms with Crippen LogP contribution in [-0.2, 0) is 10.5 Å². The summed E-state index contributed by atoms with van der Waals surface area (Å²) in [6.45, 7) is 1.91. The summed E-state index contributed by atoms with van der Waals surface area (Å²) in [5.74, 6) is 0.222. The van der Waals surface area contributed by atoms with Gasteiger partial charge in [0.15, 0.2) is 5.16 Å². The minimum absolute atomic E-state index is 0.195. The second-order valence-electron chi connectivity index (χ2n) is 5.80. The van der Waals surface area contributed by atoms with Gasteiger partial charge in [0.2, 0.25) is 5.91 Å². The van der Waals surface area contributed by atoms with Gasteiger partial charge in [0.1, 0.15) is 0 Å². The van der Waals surface area contributed by atoms with E-state index in [1.165, 1.54) is 0 Å². The van der Waals surface area contributed by atoms with Gasteiger partial charge >= 0.3 is 0 Å². The third-order valence-electron chi connectivity index (χ3n) is 3.75. The molecule has 6 nitrogen and oxygen atoms in total. The highest BCUT2D eigenvalue weighted by atomic mass is 32.2. The smallest absolute Gasteiger partial charge is 0.269 e. The van der Waals surface area contributed by atoms with Crippen molar-refractivity contribution in [3.8, 4) is 0 Å². The van der Waals surface area contributed by atoms with Crippen molar-refractivity contribution >= 4 is 34.6 Å². The quantitative estimate of drug-likeness (QED) is 0.460. The number of aromatic amines is 1. The van der Waals surface area contributed by atoms with Crippen LogP contribution in [0.5, 0.6) is 0 Å². The highest BCUT2D eigenvalue weighted by Gasteiger charge is 2.08. The molecule has 0 aliphatic heterocycles. The molecule has 3 N–H and O–H groups in total. The van der Waals surface area contributed by atoms with Gasteiger partial charge in [0.05, 0.1) is 11.0 Å². The summed E-state index contributed by atoms with van der Waals surface area (Å²) in [4.78, 5) is 31.2. The van der Waals surface area contributed by atoms with Crippen molar-refractivity contribution < 1.29 is 9.59 Å². The van der Waals surface area contributed by atoms with E-state index >= 15 is 0 Å². The number of fused-ring (bicyclic) bond motifs is 1. The Bertz CT molecular complexity index is 872. The van der Waals surface area contributed by atoms with Crippen molar-refractivity contribution in [3.63, 3.8) is 0 Å². The van der Waals surface area contributed by atoms with Crippen LogP contribution >= 0.6 is 11.8 Å². The van der Waals surface area contributed by atoms with Gasteiger partial charge in [-0.3, -0.25) is 20.4 Å². The number of nitrogens with zero attached hydrogens (tertiary/aromatic N) is 1. The second kappa shape index (κ2) is 8.53. The van der Waals surface area contributed by atoms with E-state index in [1.807, 2.05) is 43.3 Å². The van der Waals surface area contributed by atoms with Crippen LogP contribution in [0.3, 0.4) is 0 Å². The molecule has 1 heterocycles. The number of hydrazine groups is 1. The first-order chi connectivity index (χ1) is 12.7. The predicted octanol–water partition coefficient (Wildman–Crippen LogP) is 3.42. The molecule has 2 aromatic carbocycles. The van der Waals surface area contributed by atoms with Crippen molar-refractivity contribution in [3.05, 3.63) is 59.7 Å². The lowest BCUT2D eigenvalue weighted by molar-refractivity contribution is -0.121. The van der Waals surface area contributed by atoms with Gasteiger partial charge in [-0.1, -0.05) is 43.0 Å². The number of hydrogen-bond donors (Lipinski definition) is 3. The third-order valence-corrected chi connectivity index (χ3v) is 4.70. The maximum atomic E-state index is 12.0. The van der Waals surface area contributed by atoms with Gasteiger partial charge in [-0.05, 0) is 36.2 Å². The standard InChI is InChI=1S/C19H20N4O2S/c1-2-5-17(24)22-23-18(25)14-10-8-13(9-11-14)12-26-19-20-15-6-3-4-7-16(15)21-19/h3-4,6-11H,2,5,12H2,1H3,(H,20,21)(H,22,24)(H,23,25). The summed E-state index contributed by atoms with van der Waals surface area (Å²) in [5, 5.41) is 0.867. The summed E-state index contributed by atoms with van der Waals surface area (Å²) >= 11 is 1.61. The largest absolute Gasteiger partial charge is 0.333 e. The number of carbonyl (C=O) groups excluding carboxylic acids is 2. The zero-order valence-electron chi connectivity index (χ0n) is 14.4. The van der Waals surface area contributed by atoms with Crippen molar-refractivity contribution in [2.24, 2.45) is 0 Å². The number of aromatic nitrogens is 2. The van der Waals surface area contributed by atoms with E-state index in [0.29, 0.717) is 12.0 Å². The molecule has 0 aliphatic rings. The lowest BCUT2D eigenvalue weighted by Crippen LogP contribution is -2.41. The number of H-pyrrole nitrogens is 1. The maximum Gasteiger partial charge on any atom is 0.269 e. The molecule has 0 spiro atoms. The number of imidazole rings is 1. The molecule has 0 aliphatic carbocycles. The number of thioether (sulfide) groups is 1. The molecule has 0 bridgehead atoms. The van der Waals surface area contributed by atoms with E-state index in [0.717, 1.165) is 33.9 Å². The van der Waals surface area contributed by atoms with Crippen LogP contribution in [-0.4, -0.2) is 21.8 Å². The molecule has 0 atom stereocenters. The molecule has 0 saturated carbocycles. The Morgan fingerprint density at radius 2 is 1.85 bits per heavy atom. The van der Waals surface area contributed by atoms with Crippen molar-refractivity contribution in [1.29, 1.82) is 0 Å². The van der Waals surface area contributed by atoms with Gasteiger partial charge in [-0.15, -0.1) is 0 Å². The van der Waals surface area contributed by atoms with Crippen molar-refractivity contribution in [1.82, 2.24) is 20.8 Å². The number of nitrogens with one attached hydrogen (secondary N) is 3. The molecule has 0 radical (unpaired) electrons. The number of carbonyl (C=O) groups is 2. The fourth-order valence-electron chi connectivity index (χ4n) is 2.39. The van der Waals surface area contributed by atoms with Crippen LogP contribution in [0, 0.1) is 0 Å². The lowest BCUT2D eigenvalue weighted by atomic mass is 10.1. The minimum Gasteiger partial charge on any atom is -0.333 e. The fraction of sp³-hybridized carbons (Fsp3) is 0.211. The Kier molecular flexibility index (Phi) is 5.91. The van der Waals surface area contributed by atoms with E-state index in [2.05, 4.69) is 20.8 Å². The summed E-state index contributed by atoms with van der Waals surface area (Å²) in [5.41, 5.74) is 8.37. The van der Waals surface area contributed by atoms with Crippen LogP contribution in [0.15, 0.2) is 53.7 Å². The van der Waals surface area contributed by atoms with Gasteiger partial charge in [0, 0.05) is 17.7 Å². The van der Waals surface area contributed by atoms with Gasteiger partial charge in [-0.2, -0.15) is 0 Å². The van der Waals surface area contributed by atoms with Gasteiger partial charge in [-0.25, -0.2) is 4.98 Å². The van der Waals surface area contributed by atoms with Crippen LogP contribution in [0.25, 0.3) is 11.0 Å². The number of para-hydroxylation sites is 2. The van der Waals surface area contributed by atoms with E-state index in [1.54, 1.807) is 23.9 Å². The fourth-order valence-corrected chi connectivity index (χ4v) is 3.23. The van der Waals surface area contributed by atoms with Crippen molar-refractivity contribution in [2.45, 2.75) is 30.7 Å². The minimum atomic E-state index is -0.328. The molecule has 3 rings (SSSR count). The molecule has 26 heavy (non-hydrogen) atoms. The summed E-state index contributed by atoms with van der Waals surface area (Å²) in [7, 11) is 0. The van der Waals surface area contributed by atoms with Crippen LogP contribution < -0.4 is 10.9 Å². The van der Waals surface area contributed by atoms with Crippen LogP contribution in [0.2, 0.25) is 0 Å². The highest BCUT2D eigenvalue weighted by Crippen LogP contribution is 2.23. The molecule has 2 amide bonds. The Hall–Kier alpha value is -2.80. The molecule has 3 aromatic rings. The molecular formula is C19H20N4O2S. The first-order valence-corrected chi connectivity index (χ1v) is 9.40. The zero-order chi connectivity index (χ0) is 18.4. The second-order valence-corrected chi connectivity index (χ2v) is 6.76. The van der Waals surface area contributed by atoms with E-state index in [9.17, 15) is 9.59 Å². The molecule has 1 aromatic heterocycles. The number of amides is 2. The topological polar surface area (TPSA) is 86.9 Å². The summed E-state index contributed by atoms with van der Waals surface area (Å²) in [6.07, 6.45) is 1.12. The van der Waals surface area contributed by atoms with E-state index in [-0.39, 0.29) is 11.8 Å². The van der Waals surface area contributed by atoms with E-state index in [4.69, 9.17) is 0 Å². The first-order valence-electron chi connectivity index (χ1n) is 8.41. The molecule has 134 valence electrons. The number of rotatable bonds is 6. The van der Waals surface area contributed by atoms with Crippen LogP contribution in [0.1, 0.15) is 35.7 Å². The first kappa shape index (κ1) is 18.0. The zero-order valence-corrected chi connectivity index (χ0v) is 15.2. The Balaban J connectivity index is 1.53. The third kappa shape index (κ3) is 4.64. The predicted molar refractivity (Wildman–Crippen MR) is 103 cm³/mol. The van der Waals surface area contributed by atoms with Crippen LogP contribution in [0.4, 0.5) is 0 Å². The number of hydrogen-bond acceptors (Lipinski definition) is 4. The molecular weight excluding hydrogens is 348 g/mol. The maximum absolute atomic E-state index is 12.0.